The Morgan fingerprint density at radius 1 is 1.16 bits per heavy atom. The Morgan fingerprint density at radius 2 is 1.84 bits per heavy atom. The number of benzene rings is 1. The highest BCUT2D eigenvalue weighted by Gasteiger charge is 2.57. The van der Waals surface area contributed by atoms with Crippen molar-refractivity contribution in [2.24, 2.45) is 5.92 Å². The second-order valence-corrected chi connectivity index (χ2v) is 7.42. The zero-order chi connectivity index (χ0) is 23.7. The Bertz CT molecular complexity index is 1000. The molecule has 0 spiro atoms. The van der Waals surface area contributed by atoms with Crippen LogP contribution < -0.4 is 15.4 Å². The van der Waals surface area contributed by atoms with Crippen LogP contribution in [0.2, 0.25) is 0 Å². The second kappa shape index (κ2) is 8.71. The first-order valence-corrected chi connectivity index (χ1v) is 9.63. The Balaban J connectivity index is 1.74. The molecule has 32 heavy (non-hydrogen) atoms. The number of carbonyl (C=O) groups excluding carboxylic acids is 3. The number of hydrogen-bond donors (Lipinski definition) is 2. The molecule has 0 fully saturated rings. The summed E-state index contributed by atoms with van der Waals surface area (Å²) >= 11 is 0. The van der Waals surface area contributed by atoms with E-state index in [2.05, 4.69) is 5.32 Å². The van der Waals surface area contributed by atoms with Crippen LogP contribution in [0.1, 0.15) is 31.4 Å². The van der Waals surface area contributed by atoms with E-state index in [0.717, 1.165) is 6.92 Å². The number of amides is 2. The smallest absolute Gasteiger partial charge is 0.455 e. The first kappa shape index (κ1) is 23.4. The van der Waals surface area contributed by atoms with Crippen molar-refractivity contribution in [1.82, 2.24) is 10.6 Å². The average molecular weight is 458 g/mol. The molecule has 1 aromatic rings. The number of nitrogens with one attached hydrogen (secondary N) is 2. The van der Waals surface area contributed by atoms with Gasteiger partial charge in [-0.05, 0) is 19.1 Å². The molecule has 1 aliphatic heterocycles. The fourth-order valence-electron chi connectivity index (χ4n) is 3.23. The van der Waals surface area contributed by atoms with Crippen molar-refractivity contribution in [3.63, 3.8) is 0 Å². The number of para-hydroxylation sites is 1. The van der Waals surface area contributed by atoms with E-state index in [-0.39, 0.29) is 18.6 Å². The minimum Gasteiger partial charge on any atom is -0.457 e. The van der Waals surface area contributed by atoms with Crippen LogP contribution >= 0.6 is 0 Å². The van der Waals surface area contributed by atoms with Gasteiger partial charge in [0, 0.05) is 24.0 Å². The average Bonchev–Trinajstić information content (AvgIpc) is 2.88. The molecule has 6 nitrogen and oxygen atoms in total. The molecule has 2 atom stereocenters. The Hall–Kier alpha value is -3.24. The molecule has 1 aliphatic carbocycles. The number of rotatable bonds is 5. The molecule has 3 rings (SSSR count). The van der Waals surface area contributed by atoms with Crippen LogP contribution in [0.3, 0.4) is 0 Å². The first-order chi connectivity index (χ1) is 14.9. The summed E-state index contributed by atoms with van der Waals surface area (Å²) in [6.45, 7) is -0.904. The lowest BCUT2D eigenvalue weighted by atomic mass is 9.92. The van der Waals surface area contributed by atoms with Gasteiger partial charge in [0.2, 0.25) is 11.8 Å². The first-order valence-electron chi connectivity index (χ1n) is 9.63. The lowest BCUT2D eigenvalue weighted by Gasteiger charge is -2.23. The van der Waals surface area contributed by atoms with Crippen LogP contribution in [0.5, 0.6) is 5.75 Å². The highest BCUT2D eigenvalue weighted by Crippen LogP contribution is 2.38. The number of ketones is 1. The monoisotopic (exact) mass is 458 g/mol. The molecule has 2 aliphatic rings. The summed E-state index contributed by atoms with van der Waals surface area (Å²) in [5, 5.41) is 4.04. The minimum absolute atomic E-state index is 0.0573. The van der Waals surface area contributed by atoms with Crippen molar-refractivity contribution >= 4 is 17.6 Å². The minimum atomic E-state index is -5.83. The summed E-state index contributed by atoms with van der Waals surface area (Å²) in [6, 6.07) is 5.87. The third-order valence-corrected chi connectivity index (χ3v) is 5.13. The summed E-state index contributed by atoms with van der Waals surface area (Å²) in [5.74, 6) is -8.37. The fourth-order valence-corrected chi connectivity index (χ4v) is 3.23. The Labute approximate surface area is 179 Å². The molecule has 0 radical (unpaired) electrons. The molecule has 1 heterocycles. The van der Waals surface area contributed by atoms with Crippen molar-refractivity contribution < 1.29 is 41.1 Å². The number of alkyl halides is 5. The van der Waals surface area contributed by atoms with Crippen molar-refractivity contribution in [2.45, 2.75) is 37.9 Å². The van der Waals surface area contributed by atoms with E-state index in [1.165, 1.54) is 5.32 Å². The van der Waals surface area contributed by atoms with Gasteiger partial charge < -0.3 is 15.4 Å². The van der Waals surface area contributed by atoms with Gasteiger partial charge in [-0.15, -0.1) is 0 Å². The number of carbonyl (C=O) groups is 3. The maximum atomic E-state index is 13.0. The number of hydrogen-bond acceptors (Lipinski definition) is 4. The SMILES string of the molecule is CC(C(=O)NCC(F)(F)C(F)(F)F)C(=O)NC1CC2=C(C=CCC2=O)Oc2ccccc21. The van der Waals surface area contributed by atoms with E-state index >= 15 is 0 Å². The van der Waals surface area contributed by atoms with Crippen molar-refractivity contribution in [2.75, 3.05) is 6.54 Å². The molecule has 0 aromatic heterocycles. The molecule has 0 bridgehead atoms. The summed E-state index contributed by atoms with van der Waals surface area (Å²) in [7, 11) is 0. The van der Waals surface area contributed by atoms with E-state index in [1.807, 2.05) is 0 Å². The number of Topliss-reactive ketones (excluding diaryl/α,β-unsaturated/α-hetero) is 1. The summed E-state index contributed by atoms with van der Waals surface area (Å²) in [4.78, 5) is 37.0. The van der Waals surface area contributed by atoms with Gasteiger partial charge in [0.25, 0.3) is 0 Å². The molecule has 2 N–H and O–H groups in total. The summed E-state index contributed by atoms with van der Waals surface area (Å²) in [6.07, 6.45) is -2.32. The van der Waals surface area contributed by atoms with E-state index < -0.39 is 42.4 Å². The second-order valence-electron chi connectivity index (χ2n) is 7.42. The number of allylic oxidation sites excluding steroid dienone is 2. The topological polar surface area (TPSA) is 84.5 Å². The number of ether oxygens (including phenoxy) is 1. The van der Waals surface area contributed by atoms with E-state index in [9.17, 15) is 36.3 Å². The normalized spacial score (nSPS) is 19.3. The standard InChI is InChI=1S/C21H19F5N2O4/c1-11(18(30)27-10-20(22,23)21(24,25)26)19(31)28-14-9-13-15(29)6-4-8-17(13)32-16-7-3-2-5-12(14)16/h2-5,7-8,11,14H,6,9-10H2,1H3,(H,27,30)(H,28,31). The van der Waals surface area contributed by atoms with Gasteiger partial charge in [-0.25, -0.2) is 0 Å². The maximum Gasteiger partial charge on any atom is 0.455 e. The zero-order valence-electron chi connectivity index (χ0n) is 16.8. The van der Waals surface area contributed by atoms with E-state index in [0.29, 0.717) is 22.6 Å². The molecule has 0 saturated heterocycles. The molecule has 2 amide bonds. The molecular weight excluding hydrogens is 439 g/mol. The molecular formula is C21H19F5N2O4. The predicted molar refractivity (Wildman–Crippen MR) is 102 cm³/mol. The van der Waals surface area contributed by atoms with Crippen molar-refractivity contribution in [3.8, 4) is 5.75 Å². The molecule has 2 unspecified atom stereocenters. The van der Waals surface area contributed by atoms with Gasteiger partial charge >= 0.3 is 12.1 Å². The van der Waals surface area contributed by atoms with E-state index in [1.54, 1.807) is 36.4 Å². The van der Waals surface area contributed by atoms with Crippen LogP contribution in [0.4, 0.5) is 22.0 Å². The van der Waals surface area contributed by atoms with Gasteiger partial charge in [-0.2, -0.15) is 22.0 Å². The van der Waals surface area contributed by atoms with Crippen molar-refractivity contribution in [1.29, 1.82) is 0 Å². The van der Waals surface area contributed by atoms with Crippen LogP contribution in [-0.4, -0.2) is 36.2 Å². The fraction of sp³-hybridized carbons (Fsp3) is 0.381. The highest BCUT2D eigenvalue weighted by atomic mass is 19.4. The lowest BCUT2D eigenvalue weighted by Crippen LogP contribution is -2.49. The van der Waals surface area contributed by atoms with Gasteiger partial charge in [0.05, 0.1) is 12.6 Å². The predicted octanol–water partition coefficient (Wildman–Crippen LogP) is 3.36. The largest absolute Gasteiger partial charge is 0.457 e. The van der Waals surface area contributed by atoms with Crippen molar-refractivity contribution in [3.05, 3.63) is 53.3 Å². The van der Waals surface area contributed by atoms with Gasteiger partial charge in [-0.3, -0.25) is 14.4 Å². The Morgan fingerprint density at radius 3 is 2.53 bits per heavy atom. The maximum absolute atomic E-state index is 13.0. The quantitative estimate of drug-likeness (QED) is 0.524. The lowest BCUT2D eigenvalue weighted by molar-refractivity contribution is -0.278. The molecule has 172 valence electrons. The van der Waals surface area contributed by atoms with Gasteiger partial charge in [-0.1, -0.05) is 24.3 Å². The molecule has 1 aromatic carbocycles. The van der Waals surface area contributed by atoms with E-state index in [4.69, 9.17) is 4.74 Å². The third-order valence-electron chi connectivity index (χ3n) is 5.13. The number of fused-ring (bicyclic) bond motifs is 1. The van der Waals surface area contributed by atoms with Gasteiger partial charge in [0.1, 0.15) is 17.4 Å². The Kier molecular flexibility index (Phi) is 6.38. The van der Waals surface area contributed by atoms with Crippen LogP contribution in [0, 0.1) is 5.92 Å². The summed E-state index contributed by atoms with van der Waals surface area (Å²) in [5.41, 5.74) is 0.864. The van der Waals surface area contributed by atoms with Crippen LogP contribution in [0.15, 0.2) is 47.7 Å². The third kappa shape index (κ3) is 4.81. The van der Waals surface area contributed by atoms with Gasteiger partial charge in [0.15, 0.2) is 5.78 Å². The molecule has 11 heteroatoms. The number of halogens is 5. The van der Waals surface area contributed by atoms with Crippen LogP contribution in [0.25, 0.3) is 0 Å². The zero-order valence-corrected chi connectivity index (χ0v) is 16.8. The summed E-state index contributed by atoms with van der Waals surface area (Å²) < 4.78 is 68.7. The van der Waals surface area contributed by atoms with Crippen LogP contribution in [-0.2, 0) is 14.4 Å². The molecule has 0 saturated carbocycles. The highest BCUT2D eigenvalue weighted by molar-refractivity contribution is 6.01.